The Labute approximate surface area is 142 Å². The zero-order chi connectivity index (χ0) is 16.3. The maximum absolute atomic E-state index is 6.32. The SMILES string of the molecule is Cc1ccccc1N1C(C)c2c(oc3nccn23)C12CCCCC2. The smallest absolute Gasteiger partial charge is 0.306 e. The number of rotatable bonds is 1. The van der Waals surface area contributed by atoms with Crippen molar-refractivity contribution in [3.8, 4) is 0 Å². The van der Waals surface area contributed by atoms with Crippen LogP contribution in [0.25, 0.3) is 5.84 Å². The number of hydrogen-bond donors (Lipinski definition) is 0. The molecule has 1 aliphatic heterocycles. The molecule has 0 radical (unpaired) electrons. The van der Waals surface area contributed by atoms with Gasteiger partial charge in [-0.15, -0.1) is 0 Å². The van der Waals surface area contributed by atoms with Gasteiger partial charge in [-0.25, -0.2) is 4.98 Å². The van der Waals surface area contributed by atoms with Crippen molar-refractivity contribution in [1.82, 2.24) is 9.38 Å². The van der Waals surface area contributed by atoms with Crippen molar-refractivity contribution in [2.45, 2.75) is 57.5 Å². The molecule has 2 aliphatic rings. The first-order valence-electron chi connectivity index (χ1n) is 9.03. The van der Waals surface area contributed by atoms with Gasteiger partial charge in [0.05, 0.1) is 11.7 Å². The molecule has 124 valence electrons. The van der Waals surface area contributed by atoms with E-state index in [1.807, 2.05) is 12.4 Å². The van der Waals surface area contributed by atoms with E-state index < -0.39 is 0 Å². The van der Waals surface area contributed by atoms with Crippen LogP contribution in [0.4, 0.5) is 5.69 Å². The largest absolute Gasteiger partial charge is 0.425 e. The van der Waals surface area contributed by atoms with Crippen LogP contribution in [0.15, 0.2) is 41.1 Å². The first-order chi connectivity index (χ1) is 11.7. The number of hydrogen-bond acceptors (Lipinski definition) is 3. The Bertz CT molecular complexity index is 901. The number of aryl methyl sites for hydroxylation is 1. The molecule has 5 rings (SSSR count). The molecule has 3 aromatic rings. The van der Waals surface area contributed by atoms with Crippen LogP contribution in [0.1, 0.15) is 62.1 Å². The molecule has 0 bridgehead atoms. The van der Waals surface area contributed by atoms with Crippen LogP contribution in [0, 0.1) is 6.92 Å². The summed E-state index contributed by atoms with van der Waals surface area (Å²) in [6, 6.07) is 9.04. The van der Waals surface area contributed by atoms with Crippen molar-refractivity contribution >= 4 is 11.5 Å². The van der Waals surface area contributed by atoms with Crippen molar-refractivity contribution in [2.24, 2.45) is 0 Å². The van der Waals surface area contributed by atoms with Crippen LogP contribution in [0.2, 0.25) is 0 Å². The highest BCUT2D eigenvalue weighted by atomic mass is 16.4. The summed E-state index contributed by atoms with van der Waals surface area (Å²) in [6.45, 7) is 4.52. The normalized spacial score (nSPS) is 22.4. The van der Waals surface area contributed by atoms with Crippen molar-refractivity contribution in [3.63, 3.8) is 0 Å². The van der Waals surface area contributed by atoms with Crippen molar-refractivity contribution in [2.75, 3.05) is 4.90 Å². The summed E-state index contributed by atoms with van der Waals surface area (Å²) in [5.74, 6) is 1.89. The van der Waals surface area contributed by atoms with Gasteiger partial charge in [0.2, 0.25) is 0 Å². The number of aromatic nitrogens is 2. The van der Waals surface area contributed by atoms with Crippen LogP contribution < -0.4 is 4.90 Å². The van der Waals surface area contributed by atoms with E-state index in [0.717, 1.165) is 24.4 Å². The molecular weight excluding hydrogens is 298 g/mol. The van der Waals surface area contributed by atoms with Crippen molar-refractivity contribution in [3.05, 3.63) is 53.7 Å². The predicted octanol–water partition coefficient (Wildman–Crippen LogP) is 4.98. The standard InChI is InChI=1S/C20H23N3O/c1-14-8-4-5-9-16(14)23-15(2)17-18(20(23)10-6-3-7-11-20)24-19-21-12-13-22(17)19/h4-5,8-9,12-13,15H,3,6-7,10-11H2,1-2H3. The highest BCUT2D eigenvalue weighted by molar-refractivity contribution is 5.62. The van der Waals surface area contributed by atoms with Crippen LogP contribution >= 0.6 is 0 Å². The number of para-hydroxylation sites is 1. The molecule has 0 N–H and O–H groups in total. The summed E-state index contributed by atoms with van der Waals surface area (Å²) in [5.41, 5.74) is 3.94. The van der Waals surface area contributed by atoms with Crippen LogP contribution in [0.3, 0.4) is 0 Å². The third-order valence-electron chi connectivity index (χ3n) is 6.01. The van der Waals surface area contributed by atoms with Gasteiger partial charge in [-0.3, -0.25) is 4.40 Å². The molecule has 1 spiro atoms. The molecule has 1 unspecified atom stereocenters. The number of benzene rings is 1. The Balaban J connectivity index is 1.77. The summed E-state index contributed by atoms with van der Waals surface area (Å²) in [6.07, 6.45) is 10.0. The molecule has 2 aromatic heterocycles. The first-order valence-corrected chi connectivity index (χ1v) is 9.03. The Hall–Kier alpha value is -2.23. The Kier molecular flexibility index (Phi) is 2.88. The number of anilines is 1. The fraction of sp³-hybridized carbons (Fsp3) is 0.450. The monoisotopic (exact) mass is 321 g/mol. The van der Waals surface area contributed by atoms with E-state index in [2.05, 4.69) is 52.4 Å². The molecule has 0 saturated heterocycles. The van der Waals surface area contributed by atoms with E-state index in [1.54, 1.807) is 0 Å². The highest BCUT2D eigenvalue weighted by Gasteiger charge is 2.53. The number of imidazole rings is 1. The molecule has 3 heterocycles. The van der Waals surface area contributed by atoms with E-state index in [0.29, 0.717) is 0 Å². The van der Waals surface area contributed by atoms with E-state index in [4.69, 9.17) is 4.42 Å². The highest BCUT2D eigenvalue weighted by Crippen LogP contribution is 2.56. The molecule has 0 amide bonds. The fourth-order valence-corrected chi connectivity index (χ4v) is 5.01. The molecule has 1 saturated carbocycles. The summed E-state index contributed by atoms with van der Waals surface area (Å²) in [4.78, 5) is 7.02. The Morgan fingerprint density at radius 1 is 1.17 bits per heavy atom. The lowest BCUT2D eigenvalue weighted by atomic mass is 9.79. The number of oxazole rings is 1. The maximum Gasteiger partial charge on any atom is 0.306 e. The van der Waals surface area contributed by atoms with Gasteiger partial charge in [0.25, 0.3) is 0 Å². The summed E-state index contributed by atoms with van der Waals surface area (Å²) < 4.78 is 8.46. The molecule has 1 aliphatic carbocycles. The van der Waals surface area contributed by atoms with Crippen LogP contribution in [0.5, 0.6) is 0 Å². The van der Waals surface area contributed by atoms with Crippen LogP contribution in [-0.2, 0) is 5.54 Å². The lowest BCUT2D eigenvalue weighted by Crippen LogP contribution is -2.44. The summed E-state index contributed by atoms with van der Waals surface area (Å²) >= 11 is 0. The average molecular weight is 321 g/mol. The molecule has 24 heavy (non-hydrogen) atoms. The number of nitrogens with zero attached hydrogens (tertiary/aromatic N) is 3. The van der Waals surface area contributed by atoms with E-state index in [1.165, 1.54) is 36.2 Å². The quantitative estimate of drug-likeness (QED) is 0.634. The third-order valence-corrected chi connectivity index (χ3v) is 6.01. The van der Waals surface area contributed by atoms with E-state index >= 15 is 0 Å². The second-order valence-corrected chi connectivity index (χ2v) is 7.32. The lowest BCUT2D eigenvalue weighted by molar-refractivity contribution is 0.246. The Morgan fingerprint density at radius 2 is 1.96 bits per heavy atom. The van der Waals surface area contributed by atoms with Gasteiger partial charge in [0.15, 0.2) is 5.76 Å². The second-order valence-electron chi connectivity index (χ2n) is 7.32. The minimum absolute atomic E-state index is 0.0141. The molecule has 1 atom stereocenters. The average Bonchev–Trinajstić information content (AvgIpc) is 3.23. The van der Waals surface area contributed by atoms with Gasteiger partial charge < -0.3 is 9.32 Å². The predicted molar refractivity (Wildman–Crippen MR) is 94.3 cm³/mol. The van der Waals surface area contributed by atoms with Crippen molar-refractivity contribution < 1.29 is 4.42 Å². The zero-order valence-corrected chi connectivity index (χ0v) is 14.3. The molecule has 4 heteroatoms. The first kappa shape index (κ1) is 14.1. The van der Waals surface area contributed by atoms with Gasteiger partial charge >= 0.3 is 5.84 Å². The maximum atomic E-state index is 6.32. The molecule has 4 nitrogen and oxygen atoms in total. The third kappa shape index (κ3) is 1.66. The zero-order valence-electron chi connectivity index (χ0n) is 14.3. The van der Waals surface area contributed by atoms with Crippen LogP contribution in [-0.4, -0.2) is 9.38 Å². The van der Waals surface area contributed by atoms with Gasteiger partial charge in [-0.2, -0.15) is 0 Å². The van der Waals surface area contributed by atoms with E-state index in [9.17, 15) is 0 Å². The lowest BCUT2D eigenvalue weighted by Gasteiger charge is -2.44. The summed E-state index contributed by atoms with van der Waals surface area (Å²) in [7, 11) is 0. The van der Waals surface area contributed by atoms with Gasteiger partial charge in [-0.1, -0.05) is 37.5 Å². The minimum Gasteiger partial charge on any atom is -0.425 e. The van der Waals surface area contributed by atoms with Crippen molar-refractivity contribution in [1.29, 1.82) is 0 Å². The number of fused-ring (bicyclic) bond motifs is 4. The minimum atomic E-state index is -0.0141. The topological polar surface area (TPSA) is 33.7 Å². The Morgan fingerprint density at radius 3 is 2.75 bits per heavy atom. The molecular formula is C20H23N3O. The van der Waals surface area contributed by atoms with Gasteiger partial charge in [0.1, 0.15) is 5.54 Å². The fourth-order valence-electron chi connectivity index (χ4n) is 5.01. The van der Waals surface area contributed by atoms with Gasteiger partial charge in [-0.05, 0) is 38.3 Å². The molecule has 1 aromatic carbocycles. The van der Waals surface area contributed by atoms with E-state index in [-0.39, 0.29) is 11.6 Å². The summed E-state index contributed by atoms with van der Waals surface area (Å²) in [5, 5.41) is 0. The molecule has 1 fully saturated rings. The second kappa shape index (κ2) is 4.88. The van der Waals surface area contributed by atoms with Gasteiger partial charge in [0, 0.05) is 18.1 Å².